The maximum Gasteiger partial charge on any atom is 0.416 e. The van der Waals surface area contributed by atoms with Gasteiger partial charge < -0.3 is 15.7 Å². The van der Waals surface area contributed by atoms with Crippen LogP contribution in [0.4, 0.5) is 19.0 Å². The predicted molar refractivity (Wildman–Crippen MR) is 60.6 cm³/mol. The zero-order valence-corrected chi connectivity index (χ0v) is 9.81. The Bertz CT molecular complexity index is 506. The van der Waals surface area contributed by atoms with Gasteiger partial charge in [-0.2, -0.15) is 13.2 Å². The Kier molecular flexibility index (Phi) is 3.13. The van der Waals surface area contributed by atoms with Gasteiger partial charge in [0.15, 0.2) is 0 Å². The lowest BCUT2D eigenvalue weighted by molar-refractivity contribution is -0.142. The zero-order chi connectivity index (χ0) is 14.3. The molecule has 19 heavy (non-hydrogen) atoms. The third-order valence-electron chi connectivity index (χ3n) is 3.12. The minimum absolute atomic E-state index is 0.0589. The summed E-state index contributed by atoms with van der Waals surface area (Å²) in [7, 11) is 0. The number of hydrogen-bond acceptors (Lipinski definition) is 4. The van der Waals surface area contributed by atoms with Crippen LogP contribution in [0.25, 0.3) is 0 Å². The Balaban J connectivity index is 2.23. The van der Waals surface area contributed by atoms with Crippen LogP contribution in [0.3, 0.4) is 0 Å². The van der Waals surface area contributed by atoms with E-state index in [-0.39, 0.29) is 25.3 Å². The summed E-state index contributed by atoms with van der Waals surface area (Å²) in [5, 5.41) is 8.97. The van der Waals surface area contributed by atoms with Gasteiger partial charge in [-0.15, -0.1) is 0 Å². The molecule has 104 valence electrons. The molecule has 0 amide bonds. The second-order valence-electron chi connectivity index (χ2n) is 4.53. The number of carboxylic acids is 1. The summed E-state index contributed by atoms with van der Waals surface area (Å²) in [5.41, 5.74) is 3.41. The highest BCUT2D eigenvalue weighted by Crippen LogP contribution is 2.32. The average molecular weight is 275 g/mol. The summed E-state index contributed by atoms with van der Waals surface area (Å²) >= 11 is 0. The topological polar surface area (TPSA) is 79.5 Å². The molecule has 1 aliphatic heterocycles. The average Bonchev–Trinajstić information content (AvgIpc) is 2.73. The molecule has 0 bridgehead atoms. The summed E-state index contributed by atoms with van der Waals surface area (Å²) < 4.78 is 37.7. The van der Waals surface area contributed by atoms with Crippen molar-refractivity contribution in [2.45, 2.75) is 18.1 Å². The predicted octanol–water partition coefficient (Wildman–Crippen LogP) is 1.09. The van der Waals surface area contributed by atoms with Crippen molar-refractivity contribution in [2.24, 2.45) is 5.73 Å². The number of alkyl halides is 3. The van der Waals surface area contributed by atoms with Crippen LogP contribution in [0.2, 0.25) is 0 Å². The fourth-order valence-electron chi connectivity index (χ4n) is 1.97. The van der Waals surface area contributed by atoms with E-state index in [0.717, 1.165) is 18.3 Å². The maximum atomic E-state index is 12.6. The molecule has 0 radical (unpaired) electrons. The molecule has 1 fully saturated rings. The van der Waals surface area contributed by atoms with Gasteiger partial charge in [0.1, 0.15) is 11.4 Å². The van der Waals surface area contributed by atoms with Crippen LogP contribution in [0.1, 0.15) is 12.0 Å². The van der Waals surface area contributed by atoms with Gasteiger partial charge >= 0.3 is 12.1 Å². The Hall–Kier alpha value is -1.83. The number of rotatable bonds is 2. The maximum absolute atomic E-state index is 12.6. The van der Waals surface area contributed by atoms with Gasteiger partial charge in [0.25, 0.3) is 0 Å². The molecule has 2 heterocycles. The molecule has 1 aliphatic rings. The Morgan fingerprint density at radius 2 is 2.21 bits per heavy atom. The fourth-order valence-corrected chi connectivity index (χ4v) is 1.97. The fraction of sp³-hybridized carbons (Fsp3) is 0.455. The van der Waals surface area contributed by atoms with Crippen molar-refractivity contribution in [3.05, 3.63) is 23.9 Å². The monoisotopic (exact) mass is 275 g/mol. The molecule has 1 atom stereocenters. The van der Waals surface area contributed by atoms with Crippen molar-refractivity contribution < 1.29 is 23.1 Å². The molecule has 0 saturated carbocycles. The van der Waals surface area contributed by atoms with Crippen molar-refractivity contribution >= 4 is 11.8 Å². The molecule has 0 spiro atoms. The van der Waals surface area contributed by atoms with E-state index in [1.165, 1.54) is 4.90 Å². The van der Waals surface area contributed by atoms with Gasteiger partial charge in [0.05, 0.1) is 5.56 Å². The number of aromatic nitrogens is 1. The number of nitrogens with zero attached hydrogens (tertiary/aromatic N) is 2. The lowest BCUT2D eigenvalue weighted by Gasteiger charge is -2.21. The van der Waals surface area contributed by atoms with Crippen molar-refractivity contribution in [1.82, 2.24) is 4.98 Å². The third kappa shape index (κ3) is 2.62. The number of hydrogen-bond donors (Lipinski definition) is 2. The van der Waals surface area contributed by atoms with E-state index < -0.39 is 23.2 Å². The van der Waals surface area contributed by atoms with E-state index in [1.54, 1.807) is 0 Å². The van der Waals surface area contributed by atoms with Crippen LogP contribution in [-0.4, -0.2) is 34.7 Å². The van der Waals surface area contributed by atoms with E-state index in [4.69, 9.17) is 10.8 Å². The van der Waals surface area contributed by atoms with E-state index >= 15 is 0 Å². The second kappa shape index (κ2) is 4.37. The van der Waals surface area contributed by atoms with Crippen LogP contribution in [-0.2, 0) is 11.0 Å². The van der Waals surface area contributed by atoms with Gasteiger partial charge in [-0.1, -0.05) is 0 Å². The summed E-state index contributed by atoms with van der Waals surface area (Å²) in [6, 6.07) is 1.76. The first-order chi connectivity index (χ1) is 8.72. The number of carboxylic acid groups (broad SMARTS) is 1. The molecule has 1 aromatic rings. The first-order valence-electron chi connectivity index (χ1n) is 5.53. The van der Waals surface area contributed by atoms with E-state index in [0.29, 0.717) is 0 Å². The summed E-state index contributed by atoms with van der Waals surface area (Å²) in [6.45, 7) is 0.202. The normalized spacial score (nSPS) is 23.7. The van der Waals surface area contributed by atoms with Gasteiger partial charge in [-0.05, 0) is 18.6 Å². The van der Waals surface area contributed by atoms with Crippen molar-refractivity contribution in [3.8, 4) is 0 Å². The molecule has 1 saturated heterocycles. The molecular formula is C11H12F3N3O2. The third-order valence-corrected chi connectivity index (χ3v) is 3.12. The molecule has 0 aliphatic carbocycles. The second-order valence-corrected chi connectivity index (χ2v) is 4.53. The van der Waals surface area contributed by atoms with Crippen LogP contribution in [0.15, 0.2) is 18.3 Å². The number of carbonyl (C=O) groups is 1. The first kappa shape index (κ1) is 13.6. The zero-order valence-electron chi connectivity index (χ0n) is 9.81. The highest BCUT2D eigenvalue weighted by molar-refractivity contribution is 5.80. The summed E-state index contributed by atoms with van der Waals surface area (Å²) in [5.74, 6) is -1.08. The molecule has 2 rings (SSSR count). The Morgan fingerprint density at radius 1 is 1.53 bits per heavy atom. The molecule has 5 nitrogen and oxygen atoms in total. The number of pyridine rings is 1. The van der Waals surface area contributed by atoms with E-state index in [9.17, 15) is 18.0 Å². The Morgan fingerprint density at radius 3 is 2.74 bits per heavy atom. The minimum Gasteiger partial charge on any atom is -0.480 e. The summed E-state index contributed by atoms with van der Waals surface area (Å²) in [4.78, 5) is 16.3. The summed E-state index contributed by atoms with van der Waals surface area (Å²) in [6.07, 6.45) is -3.24. The lowest BCUT2D eigenvalue weighted by atomic mass is 10.0. The van der Waals surface area contributed by atoms with Gasteiger partial charge in [-0.25, -0.2) is 4.98 Å². The van der Waals surface area contributed by atoms with Gasteiger partial charge in [0.2, 0.25) is 0 Å². The Labute approximate surface area is 106 Å². The van der Waals surface area contributed by atoms with Crippen LogP contribution >= 0.6 is 0 Å². The minimum atomic E-state index is -4.45. The van der Waals surface area contributed by atoms with Gasteiger partial charge in [0, 0.05) is 19.3 Å². The van der Waals surface area contributed by atoms with Crippen LogP contribution in [0.5, 0.6) is 0 Å². The number of anilines is 1. The van der Waals surface area contributed by atoms with Crippen LogP contribution in [0, 0.1) is 0 Å². The molecular weight excluding hydrogens is 263 g/mol. The highest BCUT2D eigenvalue weighted by atomic mass is 19.4. The molecule has 8 heteroatoms. The first-order valence-corrected chi connectivity index (χ1v) is 5.53. The molecule has 1 unspecified atom stereocenters. The number of halogens is 3. The standard InChI is InChI=1S/C11H12F3N3O2/c12-11(13,14)7-1-3-16-8(5-7)17-4-2-10(15,6-17)9(18)19/h1,3,5H,2,4,6,15H2,(H,18,19). The van der Waals surface area contributed by atoms with Gasteiger partial charge in [-0.3, -0.25) is 4.79 Å². The lowest BCUT2D eigenvalue weighted by Crippen LogP contribution is -2.50. The smallest absolute Gasteiger partial charge is 0.416 e. The SMILES string of the molecule is NC1(C(=O)O)CCN(c2cc(C(F)(F)F)ccn2)C1. The van der Waals surface area contributed by atoms with E-state index in [2.05, 4.69) is 4.98 Å². The molecule has 3 N–H and O–H groups in total. The van der Waals surface area contributed by atoms with E-state index in [1.807, 2.05) is 0 Å². The molecule has 0 aromatic carbocycles. The number of aliphatic carboxylic acids is 1. The highest BCUT2D eigenvalue weighted by Gasteiger charge is 2.42. The quantitative estimate of drug-likeness (QED) is 0.844. The van der Waals surface area contributed by atoms with Crippen molar-refractivity contribution in [3.63, 3.8) is 0 Å². The number of nitrogens with two attached hydrogens (primary N) is 1. The van der Waals surface area contributed by atoms with Crippen LogP contribution < -0.4 is 10.6 Å². The largest absolute Gasteiger partial charge is 0.480 e. The van der Waals surface area contributed by atoms with Crippen molar-refractivity contribution in [1.29, 1.82) is 0 Å². The van der Waals surface area contributed by atoms with Crippen molar-refractivity contribution in [2.75, 3.05) is 18.0 Å². The molecule has 1 aromatic heterocycles.